The number of esters is 4. The molecule has 0 spiro atoms. The van der Waals surface area contributed by atoms with Gasteiger partial charge in [0.15, 0.2) is 0 Å². The van der Waals surface area contributed by atoms with Gasteiger partial charge in [0.25, 0.3) is 0 Å². The Morgan fingerprint density at radius 2 is 0.933 bits per heavy atom. The first-order valence-corrected chi connectivity index (χ1v) is 24.1. The summed E-state index contributed by atoms with van der Waals surface area (Å²) in [5.74, 6) is -3.51. The van der Waals surface area contributed by atoms with Crippen molar-refractivity contribution in [3.05, 3.63) is 41.4 Å². The van der Waals surface area contributed by atoms with Crippen molar-refractivity contribution in [2.75, 3.05) is 26.4 Å². The van der Waals surface area contributed by atoms with Crippen molar-refractivity contribution < 1.29 is 38.1 Å². The number of nitrogens with zero attached hydrogens (tertiary/aromatic N) is 2. The molecular weight excluding hydrogens is 757 g/mol. The molecule has 2 rings (SSSR count). The van der Waals surface area contributed by atoms with Crippen LogP contribution >= 0.6 is 0 Å². The number of pyridine rings is 1. The quantitative estimate of drug-likeness (QED) is 0.0365. The Balaban J connectivity index is 1.69. The van der Waals surface area contributed by atoms with Gasteiger partial charge in [-0.3, -0.25) is 24.4 Å². The summed E-state index contributed by atoms with van der Waals surface area (Å²) in [6, 6.07) is 3.54. The van der Waals surface area contributed by atoms with E-state index in [0.29, 0.717) is 29.8 Å². The number of unbranched alkanes of at least 4 members (excludes halogenated alkanes) is 24. The third-order valence-electron chi connectivity index (χ3n) is 11.5. The molecule has 0 N–H and O–H groups in total. The minimum Gasteiger partial charge on any atom is -0.462 e. The van der Waals surface area contributed by atoms with E-state index >= 15 is 0 Å². The molecule has 2 atom stereocenters. The van der Waals surface area contributed by atoms with Gasteiger partial charge in [-0.15, -0.1) is 0 Å². The van der Waals surface area contributed by atoms with E-state index in [9.17, 15) is 19.2 Å². The molecule has 0 bridgehead atoms. The van der Waals surface area contributed by atoms with Crippen LogP contribution in [0.15, 0.2) is 40.8 Å². The summed E-state index contributed by atoms with van der Waals surface area (Å²) < 4.78 is 21.9. The van der Waals surface area contributed by atoms with Gasteiger partial charge in [0.2, 0.25) is 0 Å². The van der Waals surface area contributed by atoms with Crippen LogP contribution in [0.5, 0.6) is 0 Å². The summed E-state index contributed by atoms with van der Waals surface area (Å²) in [7, 11) is 0. The Bertz CT molecular complexity index is 1380. The maximum absolute atomic E-state index is 13.6. The average Bonchev–Trinajstić information content (AvgIpc) is 3.24. The second kappa shape index (κ2) is 35.1. The fourth-order valence-electron chi connectivity index (χ4n) is 8.00. The van der Waals surface area contributed by atoms with Crippen molar-refractivity contribution in [1.29, 1.82) is 0 Å². The zero-order chi connectivity index (χ0) is 43.5. The second-order valence-corrected chi connectivity index (χ2v) is 16.7. The zero-order valence-corrected chi connectivity index (χ0v) is 38.3. The van der Waals surface area contributed by atoms with Crippen LogP contribution in [0.2, 0.25) is 0 Å². The van der Waals surface area contributed by atoms with Crippen molar-refractivity contribution in [2.24, 2.45) is 10.9 Å². The Kier molecular flexibility index (Phi) is 30.7. The third kappa shape index (κ3) is 24.0. The normalized spacial score (nSPS) is 15.1. The molecule has 340 valence electrons. The fraction of sp³-hybridized carbons (Fsp3) is 0.760. The van der Waals surface area contributed by atoms with E-state index in [4.69, 9.17) is 18.9 Å². The van der Waals surface area contributed by atoms with E-state index in [0.717, 1.165) is 38.5 Å². The lowest BCUT2D eigenvalue weighted by molar-refractivity contribution is -0.154. The number of aromatic nitrogens is 1. The van der Waals surface area contributed by atoms with E-state index < -0.39 is 23.8 Å². The maximum atomic E-state index is 13.6. The fourth-order valence-corrected chi connectivity index (χ4v) is 8.00. The molecule has 0 aliphatic carbocycles. The molecule has 1 aliphatic rings. The van der Waals surface area contributed by atoms with Gasteiger partial charge in [0.05, 0.1) is 5.57 Å². The Labute approximate surface area is 363 Å². The first kappa shape index (κ1) is 52.6. The highest BCUT2D eigenvalue weighted by atomic mass is 16.6. The van der Waals surface area contributed by atoms with Crippen LogP contribution in [0.4, 0.5) is 0 Å². The zero-order valence-electron chi connectivity index (χ0n) is 38.3. The van der Waals surface area contributed by atoms with Crippen LogP contribution in [-0.2, 0) is 38.1 Å². The largest absolute Gasteiger partial charge is 0.462 e. The summed E-state index contributed by atoms with van der Waals surface area (Å²) in [6.45, 7) is 7.60. The lowest BCUT2D eigenvalue weighted by Crippen LogP contribution is -2.37. The lowest BCUT2D eigenvalue weighted by Gasteiger charge is -2.31. The molecule has 0 amide bonds. The molecule has 10 nitrogen and oxygen atoms in total. The van der Waals surface area contributed by atoms with Crippen LogP contribution in [0.1, 0.15) is 219 Å². The van der Waals surface area contributed by atoms with Crippen molar-refractivity contribution in [1.82, 2.24) is 4.98 Å². The number of hydrogen-bond donors (Lipinski definition) is 0. The van der Waals surface area contributed by atoms with Crippen molar-refractivity contribution in [3.63, 3.8) is 0 Å². The molecular formula is C50H82N2O8. The lowest BCUT2D eigenvalue weighted by atomic mass is 9.76. The van der Waals surface area contributed by atoms with Gasteiger partial charge in [-0.05, 0) is 38.3 Å². The molecule has 2 heterocycles. The number of ether oxygens (including phenoxy) is 4. The molecule has 0 saturated heterocycles. The smallest absolute Gasteiger partial charge is 0.336 e. The van der Waals surface area contributed by atoms with E-state index in [-0.39, 0.29) is 43.9 Å². The van der Waals surface area contributed by atoms with Crippen LogP contribution in [-0.4, -0.2) is 61.0 Å². The highest BCUT2D eigenvalue weighted by Crippen LogP contribution is 2.40. The molecule has 10 heteroatoms. The molecule has 0 saturated carbocycles. The topological polar surface area (TPSA) is 130 Å². The van der Waals surface area contributed by atoms with Gasteiger partial charge in [-0.25, -0.2) is 4.79 Å². The van der Waals surface area contributed by atoms with Crippen LogP contribution in [0.3, 0.4) is 0 Å². The van der Waals surface area contributed by atoms with Crippen molar-refractivity contribution in [3.8, 4) is 0 Å². The van der Waals surface area contributed by atoms with Gasteiger partial charge in [0, 0.05) is 42.6 Å². The molecule has 60 heavy (non-hydrogen) atoms. The Morgan fingerprint density at radius 1 is 0.533 bits per heavy atom. The predicted molar refractivity (Wildman–Crippen MR) is 241 cm³/mol. The van der Waals surface area contributed by atoms with Gasteiger partial charge in [-0.1, -0.05) is 174 Å². The van der Waals surface area contributed by atoms with Gasteiger partial charge < -0.3 is 18.9 Å². The maximum Gasteiger partial charge on any atom is 0.336 e. The minimum atomic E-state index is -0.917. The van der Waals surface area contributed by atoms with E-state index in [1.807, 2.05) is 0 Å². The van der Waals surface area contributed by atoms with Crippen LogP contribution in [0, 0.1) is 5.92 Å². The van der Waals surface area contributed by atoms with Crippen molar-refractivity contribution >= 4 is 29.6 Å². The predicted octanol–water partition coefficient (Wildman–Crippen LogP) is 12.7. The molecule has 0 fully saturated rings. The number of hydrogen-bond acceptors (Lipinski definition) is 10. The molecule has 1 aromatic heterocycles. The monoisotopic (exact) mass is 839 g/mol. The van der Waals surface area contributed by atoms with Crippen LogP contribution in [0.25, 0.3) is 0 Å². The minimum absolute atomic E-state index is 0.0503. The first-order chi connectivity index (χ1) is 29.3. The first-order valence-electron chi connectivity index (χ1n) is 24.1. The number of allylic oxidation sites excluding steroid dienone is 1. The standard InChI is InChI=1S/C50H82N2O8/c1-5-7-9-11-13-15-17-19-21-23-25-27-29-33-44(53)57-36-38-59-49(55)46-41(3)52-42(4)47(48(46)43-32-31-35-51-40-43)50(56)60-39-37-58-45(54)34-30-28-26-24-22-20-18-16-14-12-10-8-6-2/h31-32,35,40,46,48H,5-30,33-34,36-39H2,1-4H3. The third-order valence-corrected chi connectivity index (χ3v) is 11.5. The van der Waals surface area contributed by atoms with E-state index in [1.54, 1.807) is 38.4 Å². The highest BCUT2D eigenvalue weighted by molar-refractivity contribution is 6.07. The van der Waals surface area contributed by atoms with E-state index in [1.165, 1.54) is 128 Å². The van der Waals surface area contributed by atoms with Gasteiger partial charge in [-0.2, -0.15) is 0 Å². The molecule has 2 unspecified atom stereocenters. The molecule has 1 aromatic rings. The average molecular weight is 839 g/mol. The summed E-state index contributed by atoms with van der Waals surface area (Å²) in [5, 5.41) is 0. The van der Waals surface area contributed by atoms with Crippen molar-refractivity contribution in [2.45, 2.75) is 213 Å². The number of aliphatic imine (C=N–C) groups is 1. The molecule has 0 radical (unpaired) electrons. The SMILES string of the molecule is CCCCCCCCCCCCCCCC(=O)OCCOC(=O)C1=C(C)N=C(C)C(C(=O)OCCOC(=O)CCCCCCCCCCCCCCC)C1c1cccnc1. The highest BCUT2D eigenvalue weighted by Gasteiger charge is 2.42. The van der Waals surface area contributed by atoms with Gasteiger partial charge >= 0.3 is 23.9 Å². The number of carbonyl (C=O) groups is 4. The molecule has 0 aromatic carbocycles. The van der Waals surface area contributed by atoms with E-state index in [2.05, 4.69) is 23.8 Å². The van der Waals surface area contributed by atoms with Crippen LogP contribution < -0.4 is 0 Å². The Hall–Kier alpha value is -3.56. The molecule has 1 aliphatic heterocycles. The number of carbonyl (C=O) groups excluding carboxylic acids is 4. The summed E-state index contributed by atoms with van der Waals surface area (Å²) in [4.78, 5) is 60.6. The number of rotatable bonds is 37. The second-order valence-electron chi connectivity index (χ2n) is 16.7. The summed E-state index contributed by atoms with van der Waals surface area (Å²) >= 11 is 0. The summed E-state index contributed by atoms with van der Waals surface area (Å²) in [5.41, 5.74) is 1.77. The van der Waals surface area contributed by atoms with Gasteiger partial charge in [0.1, 0.15) is 32.3 Å². The Morgan fingerprint density at radius 3 is 1.35 bits per heavy atom. The summed E-state index contributed by atoms with van der Waals surface area (Å²) in [6.07, 6.45) is 36.1.